The van der Waals surface area contributed by atoms with E-state index in [2.05, 4.69) is 6.92 Å². The van der Waals surface area contributed by atoms with E-state index in [0.29, 0.717) is 6.42 Å². The van der Waals surface area contributed by atoms with Crippen LogP contribution in [0.2, 0.25) is 0 Å². The van der Waals surface area contributed by atoms with Crippen molar-refractivity contribution in [2.45, 2.75) is 74.5 Å². The quantitative estimate of drug-likeness (QED) is 0.190. The van der Waals surface area contributed by atoms with Crippen molar-refractivity contribution in [1.82, 2.24) is 0 Å². The van der Waals surface area contributed by atoms with Crippen molar-refractivity contribution < 1.29 is 89.8 Å². The zero-order chi connectivity index (χ0) is 22.9. The van der Waals surface area contributed by atoms with Gasteiger partial charge in [-0.05, 0) is 37.1 Å². The summed E-state index contributed by atoms with van der Waals surface area (Å²) in [6.07, 6.45) is 8.66. The Labute approximate surface area is 241 Å². The first kappa shape index (κ1) is 33.1. The molecule has 0 saturated heterocycles. The minimum Gasteiger partial charge on any atom is -0.744 e. The first-order chi connectivity index (χ1) is 14.6. The minimum absolute atomic E-state index is 0. The fraction of sp³-hybridized carbons (Fsp3) is 0.455. The van der Waals surface area contributed by atoms with Crippen molar-refractivity contribution in [2.75, 3.05) is 0 Å². The van der Waals surface area contributed by atoms with Crippen molar-refractivity contribution in [3.05, 3.63) is 48.0 Å². The Morgan fingerprint density at radius 3 is 1.73 bits per heavy atom. The van der Waals surface area contributed by atoms with Gasteiger partial charge in [-0.15, -0.1) is 0 Å². The molecule has 11 heteroatoms. The smallest absolute Gasteiger partial charge is 0.744 e. The summed E-state index contributed by atoms with van der Waals surface area (Å²) in [6, 6.07) is 9.33. The van der Waals surface area contributed by atoms with Crippen LogP contribution in [0.25, 0.3) is 0 Å². The zero-order valence-corrected chi connectivity index (χ0v) is 25.2. The third kappa shape index (κ3) is 11.1. The summed E-state index contributed by atoms with van der Waals surface area (Å²) in [7, 11) is -9.55. The Morgan fingerprint density at radius 1 is 0.667 bits per heavy atom. The first-order valence-electron chi connectivity index (χ1n) is 10.4. The second-order valence-corrected chi connectivity index (χ2v) is 10.1. The predicted octanol–water partition coefficient (Wildman–Crippen LogP) is -1.02. The maximum Gasteiger partial charge on any atom is 1.00 e. The molecule has 172 valence electrons. The number of rotatable bonds is 13. The molecule has 2 aromatic carbocycles. The van der Waals surface area contributed by atoms with Crippen LogP contribution >= 0.6 is 0 Å². The van der Waals surface area contributed by atoms with E-state index in [0.717, 1.165) is 31.7 Å². The fourth-order valence-electron chi connectivity index (χ4n) is 3.42. The molecule has 2 rings (SSSR count). The summed E-state index contributed by atoms with van der Waals surface area (Å²) in [4.78, 5) is -0.946. The van der Waals surface area contributed by atoms with Gasteiger partial charge in [0.15, 0.2) is 0 Å². The topological polar surface area (TPSA) is 124 Å². The number of hydrogen-bond donors (Lipinski definition) is 0. The molecule has 0 atom stereocenters. The van der Waals surface area contributed by atoms with E-state index in [9.17, 15) is 25.9 Å². The molecule has 0 aliphatic heterocycles. The molecular formula is C22H28Na2O7S2. The maximum absolute atomic E-state index is 11.8. The van der Waals surface area contributed by atoms with Crippen LogP contribution in [0.4, 0.5) is 0 Å². The van der Waals surface area contributed by atoms with Crippen molar-refractivity contribution >= 4 is 20.2 Å². The molecule has 0 aromatic heterocycles. The molecule has 0 fully saturated rings. The second kappa shape index (κ2) is 15.9. The largest absolute Gasteiger partial charge is 1.00 e. The molecule has 33 heavy (non-hydrogen) atoms. The van der Waals surface area contributed by atoms with Gasteiger partial charge in [-0.1, -0.05) is 70.1 Å². The van der Waals surface area contributed by atoms with Crippen LogP contribution in [0.5, 0.6) is 11.5 Å². The van der Waals surface area contributed by atoms with Gasteiger partial charge in [-0.2, -0.15) is 0 Å². The molecule has 2 aromatic rings. The van der Waals surface area contributed by atoms with Crippen LogP contribution in [0, 0.1) is 0 Å². The summed E-state index contributed by atoms with van der Waals surface area (Å²) in [5, 5.41) is 0. The van der Waals surface area contributed by atoms with E-state index in [1.165, 1.54) is 55.7 Å². The van der Waals surface area contributed by atoms with Crippen molar-refractivity contribution in [3.63, 3.8) is 0 Å². The second-order valence-electron chi connectivity index (χ2n) is 7.41. The van der Waals surface area contributed by atoms with Crippen molar-refractivity contribution in [3.8, 4) is 11.5 Å². The molecule has 0 heterocycles. The normalized spacial score (nSPS) is 11.4. The number of ether oxygens (including phenoxy) is 1. The molecule has 0 aliphatic rings. The standard InChI is InChI=1S/C22H30O7S2.2Na/c1-2-3-4-5-6-7-8-9-13-18-19(15-12-17-21(18)30(23,24)25)29-20-14-10-11-16-22(20)31(26,27)28;;/h10-12,14-17H,2-9,13H2,1H3,(H,23,24,25)(H,26,27,28);;/q;2*+1/p-2. The van der Waals surface area contributed by atoms with Gasteiger partial charge in [-0.3, -0.25) is 0 Å². The summed E-state index contributed by atoms with van der Waals surface area (Å²) >= 11 is 0. The molecule has 0 bridgehead atoms. The van der Waals surface area contributed by atoms with Gasteiger partial charge in [0.2, 0.25) is 0 Å². The Bertz CT molecular complexity index is 1070. The fourth-order valence-corrected chi connectivity index (χ4v) is 4.77. The van der Waals surface area contributed by atoms with E-state index < -0.39 is 30.0 Å². The average molecular weight is 515 g/mol. The van der Waals surface area contributed by atoms with Gasteiger partial charge in [-0.25, -0.2) is 16.8 Å². The van der Waals surface area contributed by atoms with E-state index in [4.69, 9.17) is 4.74 Å². The van der Waals surface area contributed by atoms with Crippen LogP contribution in [0.15, 0.2) is 52.3 Å². The van der Waals surface area contributed by atoms with Gasteiger partial charge in [0.1, 0.15) is 31.7 Å². The van der Waals surface area contributed by atoms with Gasteiger partial charge in [0, 0.05) is 5.56 Å². The summed E-state index contributed by atoms with van der Waals surface area (Å²) in [5.74, 6) is -0.161. The molecule has 7 nitrogen and oxygen atoms in total. The average Bonchev–Trinajstić information content (AvgIpc) is 2.69. The van der Waals surface area contributed by atoms with Crippen LogP contribution in [-0.4, -0.2) is 25.9 Å². The molecule has 0 N–H and O–H groups in total. The van der Waals surface area contributed by atoms with E-state index in [1.807, 2.05) is 0 Å². The number of benzene rings is 2. The van der Waals surface area contributed by atoms with E-state index in [1.54, 1.807) is 0 Å². The number of para-hydroxylation sites is 1. The molecule has 0 aliphatic carbocycles. The SMILES string of the molecule is CCCCCCCCCCc1c(Oc2ccccc2S(=O)(=O)[O-])cccc1S(=O)(=O)[O-].[Na+].[Na+]. The Morgan fingerprint density at radius 2 is 1.15 bits per heavy atom. The Kier molecular flexibility index (Phi) is 16.0. The summed E-state index contributed by atoms with van der Waals surface area (Å²) < 4.78 is 75.5. The number of unbranched alkanes of at least 4 members (excludes halogenated alkanes) is 7. The minimum atomic E-state index is -4.79. The van der Waals surface area contributed by atoms with E-state index >= 15 is 0 Å². The first-order valence-corrected chi connectivity index (χ1v) is 13.3. The van der Waals surface area contributed by atoms with Crippen LogP contribution < -0.4 is 63.9 Å². The monoisotopic (exact) mass is 514 g/mol. The Hall–Kier alpha value is 0.0600. The maximum atomic E-state index is 11.8. The molecule has 0 saturated carbocycles. The molecule has 0 radical (unpaired) electrons. The van der Waals surface area contributed by atoms with Crippen LogP contribution in [-0.2, 0) is 26.7 Å². The van der Waals surface area contributed by atoms with E-state index in [-0.39, 0.29) is 82.6 Å². The van der Waals surface area contributed by atoms with Gasteiger partial charge < -0.3 is 13.8 Å². The van der Waals surface area contributed by atoms with Crippen molar-refractivity contribution in [1.29, 1.82) is 0 Å². The van der Waals surface area contributed by atoms with Crippen LogP contribution in [0.3, 0.4) is 0 Å². The molecule has 0 amide bonds. The molecule has 0 unspecified atom stereocenters. The van der Waals surface area contributed by atoms with Crippen molar-refractivity contribution in [2.24, 2.45) is 0 Å². The van der Waals surface area contributed by atoms with Gasteiger partial charge in [0.25, 0.3) is 0 Å². The summed E-state index contributed by atoms with van der Waals surface area (Å²) in [6.45, 7) is 2.16. The summed E-state index contributed by atoms with van der Waals surface area (Å²) in [5.41, 5.74) is 0.196. The predicted molar refractivity (Wildman–Crippen MR) is 115 cm³/mol. The third-order valence-electron chi connectivity index (χ3n) is 4.98. The zero-order valence-electron chi connectivity index (χ0n) is 19.6. The Balaban J connectivity index is 0.00000512. The number of hydrogen-bond acceptors (Lipinski definition) is 7. The van der Waals surface area contributed by atoms with Crippen LogP contribution in [0.1, 0.15) is 63.9 Å². The van der Waals surface area contributed by atoms with Gasteiger partial charge in [0.05, 0.1) is 9.79 Å². The van der Waals surface area contributed by atoms with Gasteiger partial charge >= 0.3 is 59.1 Å². The molecule has 0 spiro atoms. The molecular weight excluding hydrogens is 486 g/mol. The third-order valence-corrected chi connectivity index (χ3v) is 6.78.